The average Bonchev–Trinajstić information content (AvgIpc) is 3.10. The molecule has 1 aromatic heterocycles. The van der Waals surface area contributed by atoms with Crippen LogP contribution in [0.2, 0.25) is 0 Å². The SMILES string of the molecule is NC(=O)[C@H]1Cc2ccccc2CN1Cc1ncc(-c2ccccc2)o1. The van der Waals surface area contributed by atoms with Crippen LogP contribution in [0.15, 0.2) is 65.2 Å². The molecule has 0 bridgehead atoms. The maximum Gasteiger partial charge on any atom is 0.235 e. The molecule has 126 valence electrons. The van der Waals surface area contributed by atoms with Crippen LogP contribution in [-0.4, -0.2) is 21.8 Å². The van der Waals surface area contributed by atoms with Crippen molar-refractivity contribution in [2.45, 2.75) is 25.6 Å². The highest BCUT2D eigenvalue weighted by atomic mass is 16.4. The quantitative estimate of drug-likeness (QED) is 0.797. The Labute approximate surface area is 146 Å². The lowest BCUT2D eigenvalue weighted by molar-refractivity contribution is -0.124. The van der Waals surface area contributed by atoms with Crippen molar-refractivity contribution in [3.05, 3.63) is 77.8 Å². The molecule has 2 N–H and O–H groups in total. The van der Waals surface area contributed by atoms with Crippen molar-refractivity contribution in [3.8, 4) is 11.3 Å². The topological polar surface area (TPSA) is 72.4 Å². The highest BCUT2D eigenvalue weighted by Crippen LogP contribution is 2.26. The number of primary amides is 1. The molecule has 25 heavy (non-hydrogen) atoms. The molecule has 3 aromatic rings. The molecule has 5 heteroatoms. The monoisotopic (exact) mass is 333 g/mol. The van der Waals surface area contributed by atoms with Crippen LogP contribution in [0.1, 0.15) is 17.0 Å². The maximum atomic E-state index is 11.9. The van der Waals surface area contributed by atoms with Crippen LogP contribution in [0.5, 0.6) is 0 Å². The Kier molecular flexibility index (Phi) is 4.07. The first-order valence-corrected chi connectivity index (χ1v) is 8.31. The van der Waals surface area contributed by atoms with Crippen molar-refractivity contribution < 1.29 is 9.21 Å². The van der Waals surface area contributed by atoms with Gasteiger partial charge in [0.2, 0.25) is 11.8 Å². The maximum absolute atomic E-state index is 11.9. The van der Waals surface area contributed by atoms with Gasteiger partial charge in [0.05, 0.1) is 18.8 Å². The third-order valence-corrected chi connectivity index (χ3v) is 4.62. The van der Waals surface area contributed by atoms with Gasteiger partial charge in [-0.25, -0.2) is 4.98 Å². The number of hydrogen-bond donors (Lipinski definition) is 1. The highest BCUT2D eigenvalue weighted by molar-refractivity contribution is 5.80. The molecule has 1 aliphatic heterocycles. The Bertz CT molecular complexity index is 889. The van der Waals surface area contributed by atoms with Gasteiger partial charge in [-0.05, 0) is 17.5 Å². The van der Waals surface area contributed by atoms with Crippen molar-refractivity contribution in [2.75, 3.05) is 0 Å². The van der Waals surface area contributed by atoms with Crippen molar-refractivity contribution in [1.29, 1.82) is 0 Å². The molecule has 0 radical (unpaired) electrons. The van der Waals surface area contributed by atoms with Gasteiger partial charge in [0.1, 0.15) is 0 Å². The summed E-state index contributed by atoms with van der Waals surface area (Å²) in [4.78, 5) is 18.3. The summed E-state index contributed by atoms with van der Waals surface area (Å²) in [7, 11) is 0. The van der Waals surface area contributed by atoms with Gasteiger partial charge in [0.15, 0.2) is 5.76 Å². The first-order valence-electron chi connectivity index (χ1n) is 8.31. The fourth-order valence-corrected chi connectivity index (χ4v) is 3.32. The van der Waals surface area contributed by atoms with Crippen molar-refractivity contribution in [3.63, 3.8) is 0 Å². The lowest BCUT2D eigenvalue weighted by Crippen LogP contribution is -2.48. The van der Waals surface area contributed by atoms with E-state index < -0.39 is 0 Å². The van der Waals surface area contributed by atoms with Gasteiger partial charge in [-0.3, -0.25) is 9.69 Å². The van der Waals surface area contributed by atoms with E-state index in [9.17, 15) is 4.79 Å². The molecule has 0 fully saturated rings. The lowest BCUT2D eigenvalue weighted by atomic mass is 9.93. The summed E-state index contributed by atoms with van der Waals surface area (Å²) in [6.45, 7) is 1.11. The van der Waals surface area contributed by atoms with E-state index in [1.165, 1.54) is 11.1 Å². The van der Waals surface area contributed by atoms with Gasteiger partial charge in [-0.2, -0.15) is 0 Å². The molecular formula is C20H19N3O2. The molecule has 0 saturated heterocycles. The van der Waals surface area contributed by atoms with E-state index in [1.807, 2.05) is 47.4 Å². The lowest BCUT2D eigenvalue weighted by Gasteiger charge is -2.34. The van der Waals surface area contributed by atoms with Gasteiger partial charge >= 0.3 is 0 Å². The molecule has 2 aromatic carbocycles. The van der Waals surface area contributed by atoms with E-state index >= 15 is 0 Å². The second-order valence-corrected chi connectivity index (χ2v) is 6.28. The van der Waals surface area contributed by atoms with E-state index in [4.69, 9.17) is 10.2 Å². The summed E-state index contributed by atoms with van der Waals surface area (Å²) in [6.07, 6.45) is 2.35. The number of carbonyl (C=O) groups excluding carboxylic acids is 1. The summed E-state index contributed by atoms with van der Waals surface area (Å²) >= 11 is 0. The minimum atomic E-state index is -0.345. The molecule has 0 saturated carbocycles. The molecule has 5 nitrogen and oxygen atoms in total. The van der Waals surface area contributed by atoms with Crippen LogP contribution in [0, 0.1) is 0 Å². The van der Waals surface area contributed by atoms with Gasteiger partial charge in [-0.15, -0.1) is 0 Å². The van der Waals surface area contributed by atoms with Gasteiger partial charge in [0.25, 0.3) is 0 Å². The van der Waals surface area contributed by atoms with Crippen LogP contribution < -0.4 is 5.73 Å². The third kappa shape index (κ3) is 3.19. The smallest absolute Gasteiger partial charge is 0.235 e. The number of rotatable bonds is 4. The molecule has 1 aliphatic rings. The first-order chi connectivity index (χ1) is 12.2. The number of fused-ring (bicyclic) bond motifs is 1. The molecule has 2 heterocycles. The van der Waals surface area contributed by atoms with E-state index in [0.29, 0.717) is 25.4 Å². The molecule has 4 rings (SSSR count). The molecule has 1 atom stereocenters. The number of nitrogens with two attached hydrogens (primary N) is 1. The summed E-state index contributed by atoms with van der Waals surface area (Å²) in [5.41, 5.74) is 9.01. The van der Waals surface area contributed by atoms with E-state index in [2.05, 4.69) is 17.1 Å². The second-order valence-electron chi connectivity index (χ2n) is 6.28. The molecule has 0 spiro atoms. The van der Waals surface area contributed by atoms with Crippen LogP contribution in [0.25, 0.3) is 11.3 Å². The third-order valence-electron chi connectivity index (χ3n) is 4.62. The second kappa shape index (κ2) is 6.53. The Hall–Kier alpha value is -2.92. The highest BCUT2D eigenvalue weighted by Gasteiger charge is 2.30. The normalized spacial score (nSPS) is 17.2. The van der Waals surface area contributed by atoms with Crippen LogP contribution in [-0.2, 0) is 24.3 Å². The Balaban J connectivity index is 1.57. The average molecular weight is 333 g/mol. The fraction of sp³-hybridized carbons (Fsp3) is 0.200. The fourth-order valence-electron chi connectivity index (χ4n) is 3.32. The predicted molar refractivity (Wildman–Crippen MR) is 94.3 cm³/mol. The van der Waals surface area contributed by atoms with Gasteiger partial charge in [0, 0.05) is 12.1 Å². The molecular weight excluding hydrogens is 314 g/mol. The summed E-state index contributed by atoms with van der Waals surface area (Å²) < 4.78 is 5.88. The molecule has 1 amide bonds. The van der Waals surface area contributed by atoms with Crippen LogP contribution in [0.4, 0.5) is 0 Å². The zero-order chi connectivity index (χ0) is 17.2. The van der Waals surface area contributed by atoms with Crippen molar-refractivity contribution in [1.82, 2.24) is 9.88 Å². The van der Waals surface area contributed by atoms with Crippen LogP contribution in [0.3, 0.4) is 0 Å². The number of carbonyl (C=O) groups is 1. The summed E-state index contributed by atoms with van der Waals surface area (Å²) in [6, 6.07) is 17.6. The van der Waals surface area contributed by atoms with E-state index in [0.717, 1.165) is 11.3 Å². The Morgan fingerprint density at radius 3 is 2.60 bits per heavy atom. The largest absolute Gasteiger partial charge is 0.439 e. The van der Waals surface area contributed by atoms with Crippen LogP contribution >= 0.6 is 0 Å². The standard InChI is InChI=1S/C20H19N3O2/c21-20(24)17-10-15-8-4-5-9-16(15)12-23(17)13-19-22-11-18(25-19)14-6-2-1-3-7-14/h1-9,11,17H,10,12-13H2,(H2,21,24)/t17-/m1/s1. The molecule has 0 unspecified atom stereocenters. The van der Waals surface area contributed by atoms with E-state index in [1.54, 1.807) is 6.20 Å². The summed E-state index contributed by atoms with van der Waals surface area (Å²) in [5.74, 6) is 0.998. The predicted octanol–water partition coefficient (Wildman–Crippen LogP) is 2.75. The van der Waals surface area contributed by atoms with Gasteiger partial charge < -0.3 is 10.2 Å². The zero-order valence-corrected chi connectivity index (χ0v) is 13.8. The number of amides is 1. The van der Waals surface area contributed by atoms with Crippen molar-refractivity contribution >= 4 is 5.91 Å². The van der Waals surface area contributed by atoms with E-state index in [-0.39, 0.29) is 11.9 Å². The number of benzene rings is 2. The number of aromatic nitrogens is 1. The number of hydrogen-bond acceptors (Lipinski definition) is 4. The minimum absolute atomic E-state index is 0.315. The summed E-state index contributed by atoms with van der Waals surface area (Å²) in [5, 5.41) is 0. The Morgan fingerprint density at radius 1 is 1.12 bits per heavy atom. The molecule has 0 aliphatic carbocycles. The minimum Gasteiger partial charge on any atom is -0.439 e. The van der Waals surface area contributed by atoms with Gasteiger partial charge in [-0.1, -0.05) is 54.6 Å². The zero-order valence-electron chi connectivity index (χ0n) is 13.8. The first kappa shape index (κ1) is 15.6. The number of oxazole rings is 1. The Morgan fingerprint density at radius 2 is 1.84 bits per heavy atom. The number of nitrogens with zero attached hydrogens (tertiary/aromatic N) is 2. The van der Waals surface area contributed by atoms with Crippen molar-refractivity contribution in [2.24, 2.45) is 5.73 Å².